The second-order valence-electron chi connectivity index (χ2n) is 9.28. The summed E-state index contributed by atoms with van der Waals surface area (Å²) >= 11 is 0. The van der Waals surface area contributed by atoms with Gasteiger partial charge in [0.15, 0.2) is 0 Å². The first-order valence-electron chi connectivity index (χ1n) is 12.0. The number of carbonyl (C=O) groups is 3. The quantitative estimate of drug-likeness (QED) is 0.309. The molecule has 0 aliphatic heterocycles. The highest BCUT2D eigenvalue weighted by atomic mass is 16.5. The number of esters is 1. The molecule has 0 aliphatic rings. The molecule has 0 spiro atoms. The first-order valence-corrected chi connectivity index (χ1v) is 12.0. The van der Waals surface area contributed by atoms with Gasteiger partial charge >= 0.3 is 5.97 Å². The van der Waals surface area contributed by atoms with Crippen molar-refractivity contribution in [1.29, 1.82) is 0 Å². The highest BCUT2D eigenvalue weighted by molar-refractivity contribution is 5.92. The molecule has 32 heavy (non-hydrogen) atoms. The van der Waals surface area contributed by atoms with E-state index < -0.39 is 11.6 Å². The van der Waals surface area contributed by atoms with Crippen molar-refractivity contribution in [1.82, 2.24) is 15.5 Å². The van der Waals surface area contributed by atoms with Crippen LogP contribution in [-0.2, 0) is 19.1 Å². The molecule has 7 heteroatoms. The first-order chi connectivity index (χ1) is 14.9. The number of rotatable bonds is 14. The maximum atomic E-state index is 13.5. The van der Waals surface area contributed by atoms with E-state index in [0.29, 0.717) is 25.0 Å². The Kier molecular flexibility index (Phi) is 13.5. The topological polar surface area (TPSA) is 87.7 Å². The second kappa shape index (κ2) is 14.3. The highest BCUT2D eigenvalue weighted by Crippen LogP contribution is 2.22. The van der Waals surface area contributed by atoms with E-state index in [1.165, 1.54) is 0 Å². The van der Waals surface area contributed by atoms with Gasteiger partial charge in [-0.05, 0) is 45.6 Å². The summed E-state index contributed by atoms with van der Waals surface area (Å²) in [5.74, 6) is -0.699. The second-order valence-corrected chi connectivity index (χ2v) is 9.28. The molecule has 2 N–H and O–H groups in total. The number of hydrogen-bond acceptors (Lipinski definition) is 5. The SMILES string of the molecule is CCCC(CCC)(NC)C(=O)NC(C(=O)N(C)[C@H](/C=C(\C)C(=O)OCC)C(C)C)C(C)C. The van der Waals surface area contributed by atoms with Crippen LogP contribution in [0.1, 0.15) is 81.1 Å². The lowest BCUT2D eigenvalue weighted by Crippen LogP contribution is -2.61. The largest absolute Gasteiger partial charge is 0.463 e. The molecule has 0 aliphatic carbocycles. The maximum absolute atomic E-state index is 13.5. The Hall–Kier alpha value is -1.89. The molecule has 0 aromatic carbocycles. The number of likely N-dealkylation sites (N-methyl/N-ethyl adjacent to an activating group) is 2. The van der Waals surface area contributed by atoms with Crippen LogP contribution in [0, 0.1) is 11.8 Å². The molecule has 186 valence electrons. The van der Waals surface area contributed by atoms with E-state index in [1.54, 1.807) is 38.9 Å². The van der Waals surface area contributed by atoms with E-state index >= 15 is 0 Å². The summed E-state index contributed by atoms with van der Waals surface area (Å²) in [4.78, 5) is 40.6. The van der Waals surface area contributed by atoms with Crippen molar-refractivity contribution in [2.45, 2.75) is 98.7 Å². The Morgan fingerprint density at radius 3 is 1.91 bits per heavy atom. The summed E-state index contributed by atoms with van der Waals surface area (Å²) in [6, 6.07) is -0.961. The normalized spacial score (nSPS) is 14.3. The molecule has 2 amide bonds. The third-order valence-corrected chi connectivity index (χ3v) is 5.98. The van der Waals surface area contributed by atoms with Gasteiger partial charge in [0.05, 0.1) is 18.2 Å². The lowest BCUT2D eigenvalue weighted by Gasteiger charge is -2.37. The molecule has 0 saturated heterocycles. The molecule has 2 atom stereocenters. The number of hydrogen-bond donors (Lipinski definition) is 2. The standard InChI is InChI=1S/C25H47N3O4/c1-11-14-25(26-9,15-12-2)24(31)27-21(18(6)7)22(29)28(10)20(17(4)5)16-19(8)23(30)32-13-3/h16-18,20-21,26H,11-15H2,1-10H3,(H,27,31)/b19-16+/t20-,21?/m1/s1. The van der Waals surface area contributed by atoms with E-state index in [2.05, 4.69) is 24.5 Å². The fraction of sp³-hybridized carbons (Fsp3) is 0.800. The molecule has 0 aromatic heterocycles. The van der Waals surface area contributed by atoms with E-state index in [0.717, 1.165) is 12.8 Å². The van der Waals surface area contributed by atoms with Crippen LogP contribution >= 0.6 is 0 Å². The van der Waals surface area contributed by atoms with Crippen molar-refractivity contribution < 1.29 is 19.1 Å². The van der Waals surface area contributed by atoms with Gasteiger partial charge in [-0.3, -0.25) is 9.59 Å². The lowest BCUT2D eigenvalue weighted by atomic mass is 9.86. The van der Waals surface area contributed by atoms with Crippen molar-refractivity contribution in [3.05, 3.63) is 11.6 Å². The van der Waals surface area contributed by atoms with Gasteiger partial charge in [-0.25, -0.2) is 4.79 Å². The van der Waals surface area contributed by atoms with Crippen molar-refractivity contribution in [3.63, 3.8) is 0 Å². The number of nitrogens with zero attached hydrogens (tertiary/aromatic N) is 1. The zero-order valence-electron chi connectivity index (χ0n) is 22.0. The molecule has 0 rings (SSSR count). The monoisotopic (exact) mass is 453 g/mol. The average molecular weight is 454 g/mol. The predicted molar refractivity (Wildman–Crippen MR) is 130 cm³/mol. The average Bonchev–Trinajstić information content (AvgIpc) is 2.73. The van der Waals surface area contributed by atoms with Gasteiger partial charge in [-0.1, -0.05) is 60.5 Å². The first kappa shape index (κ1) is 30.1. The molecule has 1 unspecified atom stereocenters. The molecule has 0 bridgehead atoms. The van der Waals surface area contributed by atoms with Crippen LogP contribution in [0.15, 0.2) is 11.6 Å². The van der Waals surface area contributed by atoms with Crippen LogP contribution in [0.2, 0.25) is 0 Å². The van der Waals surface area contributed by atoms with Gasteiger partial charge in [-0.2, -0.15) is 0 Å². The van der Waals surface area contributed by atoms with Gasteiger partial charge in [0.1, 0.15) is 6.04 Å². The molecular weight excluding hydrogens is 406 g/mol. The minimum Gasteiger partial charge on any atom is -0.463 e. The highest BCUT2D eigenvalue weighted by Gasteiger charge is 2.39. The lowest BCUT2D eigenvalue weighted by molar-refractivity contribution is -0.140. The van der Waals surface area contributed by atoms with Crippen molar-refractivity contribution in [2.24, 2.45) is 11.8 Å². The number of carbonyl (C=O) groups excluding carboxylic acids is 3. The van der Waals surface area contributed by atoms with Crippen molar-refractivity contribution in [3.8, 4) is 0 Å². The van der Waals surface area contributed by atoms with Crippen molar-refractivity contribution >= 4 is 17.8 Å². The Labute approximate surface area is 195 Å². The minimum atomic E-state index is -0.687. The third kappa shape index (κ3) is 8.23. The van der Waals surface area contributed by atoms with Crippen LogP contribution in [0.4, 0.5) is 0 Å². The number of amides is 2. The van der Waals surface area contributed by atoms with Crippen LogP contribution in [-0.4, -0.2) is 61.0 Å². The molecule has 7 nitrogen and oxygen atoms in total. The zero-order valence-corrected chi connectivity index (χ0v) is 22.0. The van der Waals surface area contributed by atoms with Gasteiger partial charge in [0.25, 0.3) is 0 Å². The van der Waals surface area contributed by atoms with Gasteiger partial charge in [0.2, 0.25) is 11.8 Å². The molecule has 0 heterocycles. The Morgan fingerprint density at radius 2 is 1.53 bits per heavy atom. The number of ether oxygens (including phenoxy) is 1. The Morgan fingerprint density at radius 1 is 1.00 bits per heavy atom. The van der Waals surface area contributed by atoms with Crippen molar-refractivity contribution in [2.75, 3.05) is 20.7 Å². The Bertz CT molecular complexity index is 637. The fourth-order valence-corrected chi connectivity index (χ4v) is 4.05. The van der Waals surface area contributed by atoms with Crippen LogP contribution in [0.25, 0.3) is 0 Å². The molecule has 0 fully saturated rings. The Balaban J connectivity index is 5.85. The zero-order chi connectivity index (χ0) is 25.1. The van der Waals surface area contributed by atoms with Gasteiger partial charge in [-0.15, -0.1) is 0 Å². The summed E-state index contributed by atoms with van der Waals surface area (Å²) in [7, 11) is 3.54. The van der Waals surface area contributed by atoms with Crippen LogP contribution in [0.5, 0.6) is 0 Å². The van der Waals surface area contributed by atoms with Crippen LogP contribution in [0.3, 0.4) is 0 Å². The van der Waals surface area contributed by atoms with E-state index in [-0.39, 0.29) is 35.7 Å². The fourth-order valence-electron chi connectivity index (χ4n) is 4.05. The summed E-state index contributed by atoms with van der Waals surface area (Å²) in [5.41, 5.74) is -0.219. The summed E-state index contributed by atoms with van der Waals surface area (Å²) in [6.07, 6.45) is 4.91. The molecule has 0 saturated carbocycles. The van der Waals surface area contributed by atoms with Gasteiger partial charge < -0.3 is 20.3 Å². The summed E-state index contributed by atoms with van der Waals surface area (Å²) < 4.78 is 5.08. The predicted octanol–water partition coefficient (Wildman–Crippen LogP) is 3.68. The van der Waals surface area contributed by atoms with E-state index in [9.17, 15) is 14.4 Å². The molecule has 0 aromatic rings. The molecule has 0 radical (unpaired) electrons. The molecular formula is C25H47N3O4. The minimum absolute atomic E-state index is 0.0772. The summed E-state index contributed by atoms with van der Waals surface area (Å²) in [6.45, 7) is 15.7. The summed E-state index contributed by atoms with van der Waals surface area (Å²) in [5, 5.41) is 6.27. The number of nitrogens with one attached hydrogen (secondary N) is 2. The maximum Gasteiger partial charge on any atom is 0.333 e. The van der Waals surface area contributed by atoms with E-state index in [1.807, 2.05) is 27.7 Å². The third-order valence-electron chi connectivity index (χ3n) is 5.98. The van der Waals surface area contributed by atoms with Gasteiger partial charge in [0, 0.05) is 12.6 Å². The smallest absolute Gasteiger partial charge is 0.333 e. The van der Waals surface area contributed by atoms with Crippen LogP contribution < -0.4 is 10.6 Å². The van der Waals surface area contributed by atoms with E-state index in [4.69, 9.17) is 4.74 Å².